The van der Waals surface area contributed by atoms with Gasteiger partial charge in [0.25, 0.3) is 5.91 Å². The number of nitrogens with one attached hydrogen (secondary N) is 3. The van der Waals surface area contributed by atoms with Crippen LogP contribution >= 0.6 is 11.6 Å². The van der Waals surface area contributed by atoms with Gasteiger partial charge in [0.2, 0.25) is 10.0 Å². The van der Waals surface area contributed by atoms with Crippen LogP contribution in [0.25, 0.3) is 0 Å². The number of carbonyl (C=O) groups excluding carboxylic acids is 1. The summed E-state index contributed by atoms with van der Waals surface area (Å²) in [6, 6.07) is 10.1. The van der Waals surface area contributed by atoms with Crippen LogP contribution < -0.4 is 15.4 Å². The normalized spacial score (nSPS) is 16.3. The summed E-state index contributed by atoms with van der Waals surface area (Å²) in [5.41, 5.74) is 2.29. The lowest BCUT2D eigenvalue weighted by Gasteiger charge is -2.28. The van der Waals surface area contributed by atoms with E-state index in [9.17, 15) is 13.2 Å². The second kappa shape index (κ2) is 9.47. The number of piperidine rings is 1. The lowest BCUT2D eigenvalue weighted by Crippen LogP contribution is -2.42. The highest BCUT2D eigenvalue weighted by Crippen LogP contribution is 2.30. The van der Waals surface area contributed by atoms with Crippen molar-refractivity contribution < 1.29 is 13.2 Å². The molecule has 3 N–H and O–H groups in total. The molecule has 1 heterocycles. The first-order valence-corrected chi connectivity index (χ1v) is 12.0. The minimum absolute atomic E-state index is 0.127. The largest absolute Gasteiger partial charge is 0.321 e. The van der Waals surface area contributed by atoms with E-state index in [1.807, 2.05) is 26.0 Å². The van der Waals surface area contributed by atoms with E-state index in [0.717, 1.165) is 31.5 Å². The Morgan fingerprint density at radius 2 is 1.80 bits per heavy atom. The fraction of sp³-hybridized carbons (Fsp3) is 0.409. The van der Waals surface area contributed by atoms with Crippen molar-refractivity contribution in [1.82, 2.24) is 10.0 Å². The van der Waals surface area contributed by atoms with Crippen LogP contribution in [0.4, 0.5) is 5.69 Å². The molecule has 1 aliphatic heterocycles. The van der Waals surface area contributed by atoms with E-state index >= 15 is 0 Å². The molecule has 1 amide bonds. The van der Waals surface area contributed by atoms with Crippen LogP contribution in [-0.2, 0) is 10.0 Å². The van der Waals surface area contributed by atoms with E-state index in [-0.39, 0.29) is 21.9 Å². The predicted molar refractivity (Wildman–Crippen MR) is 121 cm³/mol. The van der Waals surface area contributed by atoms with Gasteiger partial charge >= 0.3 is 0 Å². The molecule has 1 aliphatic rings. The van der Waals surface area contributed by atoms with Crippen molar-refractivity contribution in [1.29, 1.82) is 0 Å². The molecule has 30 heavy (non-hydrogen) atoms. The summed E-state index contributed by atoms with van der Waals surface area (Å²) >= 11 is 6.35. The van der Waals surface area contributed by atoms with Crippen LogP contribution in [0, 0.1) is 19.8 Å². The Balaban J connectivity index is 1.79. The third kappa shape index (κ3) is 5.21. The van der Waals surface area contributed by atoms with Crippen LogP contribution in [0.5, 0.6) is 0 Å². The van der Waals surface area contributed by atoms with Gasteiger partial charge in [-0.1, -0.05) is 29.8 Å². The van der Waals surface area contributed by atoms with Crippen molar-refractivity contribution in [3.8, 4) is 0 Å². The third-order valence-corrected chi connectivity index (χ3v) is 7.64. The van der Waals surface area contributed by atoms with E-state index in [0.29, 0.717) is 22.7 Å². The summed E-state index contributed by atoms with van der Waals surface area (Å²) in [6.45, 7) is 7.26. The van der Waals surface area contributed by atoms with E-state index in [2.05, 4.69) is 15.4 Å². The zero-order chi connectivity index (χ0) is 21.9. The highest BCUT2D eigenvalue weighted by atomic mass is 35.5. The summed E-state index contributed by atoms with van der Waals surface area (Å²) < 4.78 is 28.8. The third-order valence-electron chi connectivity index (χ3n) is 5.62. The van der Waals surface area contributed by atoms with Crippen molar-refractivity contribution >= 4 is 33.2 Å². The average Bonchev–Trinajstić information content (AvgIpc) is 2.71. The van der Waals surface area contributed by atoms with Crippen LogP contribution in [0.3, 0.4) is 0 Å². The first-order chi connectivity index (χ1) is 14.2. The number of rotatable bonds is 6. The number of halogens is 1. The zero-order valence-electron chi connectivity index (χ0n) is 17.5. The molecule has 1 fully saturated rings. The molecule has 2 aromatic rings. The molecular weight excluding hydrogens is 422 g/mol. The zero-order valence-corrected chi connectivity index (χ0v) is 19.0. The first kappa shape index (κ1) is 22.7. The van der Waals surface area contributed by atoms with Gasteiger partial charge in [-0.15, -0.1) is 0 Å². The maximum absolute atomic E-state index is 13.0. The van der Waals surface area contributed by atoms with Crippen molar-refractivity contribution in [2.45, 2.75) is 44.6 Å². The molecule has 1 unspecified atom stereocenters. The molecule has 0 bridgehead atoms. The monoisotopic (exact) mass is 449 g/mol. The Morgan fingerprint density at radius 3 is 2.47 bits per heavy atom. The quantitative estimate of drug-likeness (QED) is 0.624. The van der Waals surface area contributed by atoms with Crippen LogP contribution in [0.1, 0.15) is 41.3 Å². The number of benzene rings is 2. The molecule has 1 saturated heterocycles. The highest BCUT2D eigenvalue weighted by molar-refractivity contribution is 7.89. The Labute approximate surface area is 183 Å². The van der Waals surface area contributed by atoms with Gasteiger partial charge in [0.15, 0.2) is 0 Å². The van der Waals surface area contributed by atoms with Gasteiger partial charge in [0, 0.05) is 11.6 Å². The fourth-order valence-corrected chi connectivity index (χ4v) is 5.65. The van der Waals surface area contributed by atoms with E-state index in [1.54, 1.807) is 25.1 Å². The smallest absolute Gasteiger partial charge is 0.255 e. The second-order valence-electron chi connectivity index (χ2n) is 7.86. The number of sulfonamides is 1. The summed E-state index contributed by atoms with van der Waals surface area (Å²) in [4.78, 5) is 12.7. The summed E-state index contributed by atoms with van der Waals surface area (Å²) in [7, 11) is -3.73. The number of amides is 1. The number of aryl methyl sites for hydroxylation is 2. The van der Waals surface area contributed by atoms with Crippen molar-refractivity contribution in [2.75, 3.05) is 18.4 Å². The van der Waals surface area contributed by atoms with Gasteiger partial charge in [-0.3, -0.25) is 4.79 Å². The van der Waals surface area contributed by atoms with Crippen molar-refractivity contribution in [3.63, 3.8) is 0 Å². The SMILES string of the molecule is Cc1ccccc1C(=O)Nc1cc(C)c(S(=O)(=O)NC(C)C2CCNCC2)cc1Cl. The van der Waals surface area contributed by atoms with Gasteiger partial charge < -0.3 is 10.6 Å². The van der Waals surface area contributed by atoms with Crippen molar-refractivity contribution in [2.24, 2.45) is 5.92 Å². The highest BCUT2D eigenvalue weighted by Gasteiger charge is 2.27. The second-order valence-corrected chi connectivity index (χ2v) is 9.95. The van der Waals surface area contributed by atoms with Crippen molar-refractivity contribution in [3.05, 3.63) is 58.1 Å². The molecule has 0 radical (unpaired) electrons. The molecule has 3 rings (SSSR count). The van der Waals surface area contributed by atoms with E-state index in [4.69, 9.17) is 11.6 Å². The lowest BCUT2D eigenvalue weighted by molar-refractivity contribution is 0.102. The molecule has 0 aliphatic carbocycles. The van der Waals surface area contributed by atoms with Gasteiger partial charge in [0.05, 0.1) is 15.6 Å². The number of hydrogen-bond donors (Lipinski definition) is 3. The fourth-order valence-electron chi connectivity index (χ4n) is 3.81. The Bertz CT molecular complexity index is 1030. The standard InChI is InChI=1S/C22H28ClN3O3S/c1-14-6-4-5-7-18(14)22(27)25-20-12-15(2)21(13-19(20)23)30(28,29)26-16(3)17-8-10-24-11-9-17/h4-7,12-13,16-17,24,26H,8-11H2,1-3H3,(H,25,27). The minimum Gasteiger partial charge on any atom is -0.321 e. The Hall–Kier alpha value is -1.93. The van der Waals surface area contributed by atoms with Gasteiger partial charge in [-0.2, -0.15) is 0 Å². The van der Waals surface area contributed by atoms with E-state index < -0.39 is 10.0 Å². The van der Waals surface area contributed by atoms with Gasteiger partial charge in [0.1, 0.15) is 0 Å². The van der Waals surface area contributed by atoms with Crippen LogP contribution in [0.15, 0.2) is 41.3 Å². The van der Waals surface area contributed by atoms with Gasteiger partial charge in [-0.05, 0) is 81.9 Å². The topological polar surface area (TPSA) is 87.3 Å². The molecule has 1 atom stereocenters. The molecular formula is C22H28ClN3O3S. The molecule has 0 aromatic heterocycles. The average molecular weight is 450 g/mol. The molecule has 6 nitrogen and oxygen atoms in total. The Kier molecular flexibility index (Phi) is 7.18. The van der Waals surface area contributed by atoms with Crippen LogP contribution in [0.2, 0.25) is 5.02 Å². The molecule has 0 spiro atoms. The maximum Gasteiger partial charge on any atom is 0.255 e. The molecule has 0 saturated carbocycles. The predicted octanol–water partition coefficient (Wildman–Crippen LogP) is 3.88. The van der Waals surface area contributed by atoms with Gasteiger partial charge in [-0.25, -0.2) is 13.1 Å². The maximum atomic E-state index is 13.0. The molecule has 2 aromatic carbocycles. The first-order valence-electron chi connectivity index (χ1n) is 10.1. The lowest BCUT2D eigenvalue weighted by atomic mass is 9.92. The number of hydrogen-bond acceptors (Lipinski definition) is 4. The summed E-state index contributed by atoms with van der Waals surface area (Å²) in [6.07, 6.45) is 1.88. The number of anilines is 1. The number of carbonyl (C=O) groups is 1. The minimum atomic E-state index is -3.73. The van der Waals surface area contributed by atoms with Crippen LogP contribution in [-0.4, -0.2) is 33.5 Å². The summed E-state index contributed by atoms with van der Waals surface area (Å²) in [5, 5.41) is 6.25. The molecule has 162 valence electrons. The Morgan fingerprint density at radius 1 is 1.13 bits per heavy atom. The summed E-state index contributed by atoms with van der Waals surface area (Å²) in [5.74, 6) is 0.00661. The molecule has 8 heteroatoms. The van der Waals surface area contributed by atoms with E-state index in [1.165, 1.54) is 6.07 Å².